The molecule has 0 unspecified atom stereocenters. The Bertz CT molecular complexity index is 785. The molecule has 5 heteroatoms. The summed E-state index contributed by atoms with van der Waals surface area (Å²) in [6.07, 6.45) is 7.97. The average molecular weight is 337 g/mol. The van der Waals surface area contributed by atoms with Gasteiger partial charge in [-0.2, -0.15) is 0 Å². The summed E-state index contributed by atoms with van der Waals surface area (Å²) < 4.78 is 5.51. The quantitative estimate of drug-likeness (QED) is 0.840. The highest BCUT2D eigenvalue weighted by Crippen LogP contribution is 2.53. The molecule has 25 heavy (non-hydrogen) atoms. The molecule has 4 saturated carbocycles. The Balaban J connectivity index is 1.33. The number of nitrogens with two attached hydrogens (primary N) is 1. The maximum atomic E-state index is 12.7. The van der Waals surface area contributed by atoms with Crippen molar-refractivity contribution in [2.45, 2.75) is 38.1 Å². The number of oxazole rings is 1. The topological polar surface area (TPSA) is 81.1 Å². The van der Waals surface area contributed by atoms with E-state index in [0.717, 1.165) is 17.4 Å². The molecule has 0 aliphatic heterocycles. The van der Waals surface area contributed by atoms with Crippen molar-refractivity contribution in [1.29, 1.82) is 0 Å². The van der Waals surface area contributed by atoms with Crippen LogP contribution in [0.5, 0.6) is 0 Å². The number of aromatic nitrogens is 1. The highest BCUT2D eigenvalue weighted by Gasteiger charge is 2.48. The predicted octanol–water partition coefficient (Wildman–Crippen LogP) is 3.48. The second kappa shape index (κ2) is 5.61. The molecule has 130 valence electrons. The van der Waals surface area contributed by atoms with Gasteiger partial charge in [-0.1, -0.05) is 12.1 Å². The normalized spacial score (nSPS) is 32.7. The molecule has 3 N–H and O–H groups in total. The van der Waals surface area contributed by atoms with Crippen LogP contribution in [0.25, 0.3) is 11.5 Å². The Morgan fingerprint density at radius 3 is 2.44 bits per heavy atom. The van der Waals surface area contributed by atoms with Crippen molar-refractivity contribution in [3.63, 3.8) is 0 Å². The predicted molar refractivity (Wildman–Crippen MR) is 94.7 cm³/mol. The van der Waals surface area contributed by atoms with Crippen LogP contribution in [0, 0.1) is 23.7 Å². The van der Waals surface area contributed by atoms with E-state index >= 15 is 0 Å². The lowest BCUT2D eigenvalue weighted by molar-refractivity contribution is -0.0120. The van der Waals surface area contributed by atoms with Crippen LogP contribution in [-0.4, -0.2) is 16.9 Å². The Labute approximate surface area is 147 Å². The molecule has 1 aromatic carbocycles. The first-order valence-electron chi connectivity index (χ1n) is 9.28. The number of nitrogens with one attached hydrogen (secondary N) is 1. The number of carbonyl (C=O) groups is 1. The first-order chi connectivity index (χ1) is 12.2. The second-order valence-corrected chi connectivity index (χ2v) is 8.06. The third kappa shape index (κ3) is 2.53. The molecule has 5 nitrogen and oxygen atoms in total. The maximum absolute atomic E-state index is 12.7. The van der Waals surface area contributed by atoms with Gasteiger partial charge in [0, 0.05) is 11.7 Å². The molecule has 1 heterocycles. The molecule has 4 bridgehead atoms. The number of nitrogen functional groups attached to an aromatic ring is 1. The number of nitrogens with zero attached hydrogens (tertiary/aromatic N) is 1. The van der Waals surface area contributed by atoms with Gasteiger partial charge >= 0.3 is 0 Å². The summed E-state index contributed by atoms with van der Waals surface area (Å²) in [5, 5.41) is 3.27. The molecule has 1 aromatic heterocycles. The van der Waals surface area contributed by atoms with Crippen molar-refractivity contribution in [2.24, 2.45) is 23.7 Å². The van der Waals surface area contributed by atoms with Gasteiger partial charge in [0.1, 0.15) is 6.26 Å². The molecule has 1 amide bonds. The molecular formula is C20H23N3O2. The van der Waals surface area contributed by atoms with Crippen molar-refractivity contribution in [1.82, 2.24) is 10.3 Å². The lowest BCUT2D eigenvalue weighted by Crippen LogP contribution is -2.55. The van der Waals surface area contributed by atoms with E-state index in [0.29, 0.717) is 35.1 Å². The van der Waals surface area contributed by atoms with Crippen molar-refractivity contribution < 1.29 is 9.21 Å². The zero-order valence-corrected chi connectivity index (χ0v) is 14.2. The molecule has 4 aliphatic rings. The minimum absolute atomic E-state index is 0.123. The lowest BCUT2D eigenvalue weighted by Gasteiger charge is -2.54. The summed E-state index contributed by atoms with van der Waals surface area (Å²) in [4.78, 5) is 17.1. The molecule has 0 atom stereocenters. The van der Waals surface area contributed by atoms with E-state index in [9.17, 15) is 4.79 Å². The van der Waals surface area contributed by atoms with E-state index < -0.39 is 0 Å². The van der Waals surface area contributed by atoms with Crippen LogP contribution >= 0.6 is 0 Å². The van der Waals surface area contributed by atoms with Gasteiger partial charge in [0.05, 0.1) is 5.56 Å². The van der Waals surface area contributed by atoms with E-state index in [1.54, 1.807) is 6.07 Å². The first-order valence-corrected chi connectivity index (χ1v) is 9.28. The standard InChI is InChI=1S/C20H23N3O2/c21-16-4-2-1-3-15(16)20-22-17(10-25-20)19(24)23-18-13-6-11-5-12(8-13)9-14(18)7-11/h1-4,10-14,18H,5-9,21H2,(H,23,24). The summed E-state index contributed by atoms with van der Waals surface area (Å²) in [6, 6.07) is 7.70. The molecule has 4 aliphatic carbocycles. The summed E-state index contributed by atoms with van der Waals surface area (Å²) in [7, 11) is 0. The van der Waals surface area contributed by atoms with E-state index in [1.807, 2.05) is 18.2 Å². The van der Waals surface area contributed by atoms with Gasteiger partial charge < -0.3 is 15.5 Å². The van der Waals surface area contributed by atoms with Gasteiger partial charge in [-0.3, -0.25) is 4.79 Å². The highest BCUT2D eigenvalue weighted by atomic mass is 16.3. The van der Waals surface area contributed by atoms with E-state index in [-0.39, 0.29) is 5.91 Å². The summed E-state index contributed by atoms with van der Waals surface area (Å²) in [5.41, 5.74) is 7.62. The molecule has 0 radical (unpaired) electrons. The van der Waals surface area contributed by atoms with E-state index in [1.165, 1.54) is 38.4 Å². The van der Waals surface area contributed by atoms with Gasteiger partial charge in [0.2, 0.25) is 5.89 Å². The molecule has 4 fully saturated rings. The summed E-state index contributed by atoms with van der Waals surface area (Å²) >= 11 is 0. The Hall–Kier alpha value is -2.30. The third-order valence-electron chi connectivity index (χ3n) is 6.45. The molecule has 6 rings (SSSR count). The van der Waals surface area contributed by atoms with Crippen LogP contribution < -0.4 is 11.1 Å². The number of anilines is 1. The second-order valence-electron chi connectivity index (χ2n) is 8.06. The van der Waals surface area contributed by atoms with Crippen LogP contribution in [0.1, 0.15) is 42.6 Å². The highest BCUT2D eigenvalue weighted by molar-refractivity contribution is 5.92. The van der Waals surface area contributed by atoms with E-state index in [2.05, 4.69) is 10.3 Å². The van der Waals surface area contributed by atoms with Gasteiger partial charge in [0.15, 0.2) is 5.69 Å². The largest absolute Gasteiger partial charge is 0.444 e. The van der Waals surface area contributed by atoms with Crippen molar-refractivity contribution in [2.75, 3.05) is 5.73 Å². The van der Waals surface area contributed by atoms with Gasteiger partial charge in [-0.15, -0.1) is 0 Å². The maximum Gasteiger partial charge on any atom is 0.273 e. The number of para-hydroxylation sites is 1. The fourth-order valence-electron chi connectivity index (χ4n) is 5.58. The van der Waals surface area contributed by atoms with Crippen LogP contribution in [0.3, 0.4) is 0 Å². The molecular weight excluding hydrogens is 314 g/mol. The number of rotatable bonds is 3. The first kappa shape index (κ1) is 15.0. The van der Waals surface area contributed by atoms with Crippen LogP contribution in [-0.2, 0) is 0 Å². The third-order valence-corrected chi connectivity index (χ3v) is 6.45. The van der Waals surface area contributed by atoms with Crippen molar-refractivity contribution in [3.05, 3.63) is 36.2 Å². The van der Waals surface area contributed by atoms with E-state index in [4.69, 9.17) is 10.2 Å². The number of amides is 1. The number of carbonyl (C=O) groups excluding carboxylic acids is 1. The lowest BCUT2D eigenvalue weighted by atomic mass is 9.54. The molecule has 0 spiro atoms. The van der Waals surface area contributed by atoms with Gasteiger partial charge in [-0.05, 0) is 67.9 Å². The minimum atomic E-state index is -0.123. The van der Waals surface area contributed by atoms with Crippen LogP contribution in [0.4, 0.5) is 5.69 Å². The van der Waals surface area contributed by atoms with Crippen LogP contribution in [0.15, 0.2) is 34.9 Å². The average Bonchev–Trinajstić information content (AvgIpc) is 3.08. The minimum Gasteiger partial charge on any atom is -0.444 e. The summed E-state index contributed by atoms with van der Waals surface area (Å²) in [5.74, 6) is 3.37. The zero-order chi connectivity index (χ0) is 17.0. The number of hydrogen-bond acceptors (Lipinski definition) is 4. The SMILES string of the molecule is Nc1ccccc1-c1nc(C(=O)NC2C3CC4CC(C3)CC2C4)co1. The number of benzene rings is 1. The zero-order valence-electron chi connectivity index (χ0n) is 14.2. The smallest absolute Gasteiger partial charge is 0.273 e. The Morgan fingerprint density at radius 1 is 1.08 bits per heavy atom. The Morgan fingerprint density at radius 2 is 1.76 bits per heavy atom. The van der Waals surface area contributed by atoms with Crippen molar-refractivity contribution >= 4 is 11.6 Å². The van der Waals surface area contributed by atoms with Gasteiger partial charge in [-0.25, -0.2) is 4.98 Å². The molecule has 2 aromatic rings. The van der Waals surface area contributed by atoms with Crippen LogP contribution in [0.2, 0.25) is 0 Å². The molecule has 0 saturated heterocycles. The Kier molecular flexibility index (Phi) is 3.37. The fourth-order valence-corrected chi connectivity index (χ4v) is 5.58. The number of hydrogen-bond donors (Lipinski definition) is 2. The fraction of sp³-hybridized carbons (Fsp3) is 0.500. The van der Waals surface area contributed by atoms with Crippen molar-refractivity contribution in [3.8, 4) is 11.5 Å². The summed E-state index contributed by atoms with van der Waals surface area (Å²) in [6.45, 7) is 0. The van der Waals surface area contributed by atoms with Gasteiger partial charge in [0.25, 0.3) is 5.91 Å². The monoisotopic (exact) mass is 337 g/mol.